The maximum absolute atomic E-state index is 7.00. The minimum atomic E-state index is 0. The molecule has 0 radical (unpaired) electrons. The molecular weight excluding hydrogens is 184 g/mol. The average molecular weight is 203 g/mol. The van der Waals surface area contributed by atoms with Gasteiger partial charge in [0.25, 0.3) is 0 Å². The Labute approximate surface area is 70.8 Å². The van der Waals surface area contributed by atoms with Crippen molar-refractivity contribution in [1.29, 1.82) is 0 Å². The summed E-state index contributed by atoms with van der Waals surface area (Å²) in [6.07, 6.45) is 0. The van der Waals surface area contributed by atoms with Crippen LogP contribution in [0.2, 0.25) is 0 Å². The third-order valence-electron chi connectivity index (χ3n) is 0. The maximum Gasteiger partial charge on any atom is 0.0319 e. The molecule has 0 aromatic heterocycles. The second-order valence-electron chi connectivity index (χ2n) is 0. The fourth-order valence-electron chi connectivity index (χ4n) is 0. The minimum absolute atomic E-state index is 0. The van der Waals surface area contributed by atoms with E-state index in [1.807, 2.05) is 0 Å². The number of aliphatic hydroxyl groups is 1. The fraction of sp³-hybridized carbons (Fsp3) is 0.167. The van der Waals surface area contributed by atoms with Crippen LogP contribution in [-0.2, 0) is 21.1 Å². The van der Waals surface area contributed by atoms with Gasteiger partial charge in [0.15, 0.2) is 0 Å². The van der Waals surface area contributed by atoms with Crippen LogP contribution in [-0.4, -0.2) is 12.2 Å². The summed E-state index contributed by atoms with van der Waals surface area (Å²) in [5.41, 5.74) is 0. The SMILES string of the molecule is CO.[CH3-].[CH3-].[CH3-].[CH3-].[CH3-].[Mo]. The Morgan fingerprint density at radius 1 is 0.625 bits per heavy atom. The molecule has 2 heteroatoms. The first-order chi connectivity index (χ1) is 1.00. The molecule has 1 nitrogen and oxygen atoms in total. The van der Waals surface area contributed by atoms with Crippen molar-refractivity contribution in [1.82, 2.24) is 0 Å². The van der Waals surface area contributed by atoms with Crippen molar-refractivity contribution in [3.63, 3.8) is 0 Å². The molecule has 0 aliphatic rings. The van der Waals surface area contributed by atoms with Crippen molar-refractivity contribution in [3.05, 3.63) is 37.1 Å². The molecule has 1 N–H and O–H groups in total. The van der Waals surface area contributed by atoms with Gasteiger partial charge in [-0.1, -0.05) is 0 Å². The Kier molecular flexibility index (Phi) is 18700. The van der Waals surface area contributed by atoms with Crippen LogP contribution in [0, 0.1) is 37.1 Å². The first kappa shape index (κ1) is 186. The van der Waals surface area contributed by atoms with Crippen molar-refractivity contribution in [2.24, 2.45) is 0 Å². The van der Waals surface area contributed by atoms with Gasteiger partial charge in [0, 0.05) is 28.2 Å². The molecular formula is C6H19MoO-5. The summed E-state index contributed by atoms with van der Waals surface area (Å²) >= 11 is 0. The fourth-order valence-corrected chi connectivity index (χ4v) is 0. The van der Waals surface area contributed by atoms with E-state index in [4.69, 9.17) is 5.11 Å². The average Bonchev–Trinajstić information content (AvgIpc) is 1.00. The maximum atomic E-state index is 7.00. The molecule has 0 saturated heterocycles. The number of rotatable bonds is 0. The van der Waals surface area contributed by atoms with E-state index in [0.29, 0.717) is 0 Å². The summed E-state index contributed by atoms with van der Waals surface area (Å²) in [4.78, 5) is 0. The summed E-state index contributed by atoms with van der Waals surface area (Å²) in [5.74, 6) is 0. The second kappa shape index (κ2) is 804. The number of aliphatic hydroxyl groups excluding tert-OH is 1. The van der Waals surface area contributed by atoms with Crippen LogP contribution in [0.4, 0.5) is 0 Å². The van der Waals surface area contributed by atoms with E-state index in [1.54, 1.807) is 0 Å². The van der Waals surface area contributed by atoms with Gasteiger partial charge in [0.1, 0.15) is 0 Å². The Morgan fingerprint density at radius 3 is 0.625 bits per heavy atom. The first-order valence-electron chi connectivity index (χ1n) is 0.447. The van der Waals surface area contributed by atoms with Crippen molar-refractivity contribution in [2.75, 3.05) is 7.11 Å². The van der Waals surface area contributed by atoms with Crippen LogP contribution in [0.5, 0.6) is 0 Å². The van der Waals surface area contributed by atoms with Crippen molar-refractivity contribution in [2.45, 2.75) is 0 Å². The summed E-state index contributed by atoms with van der Waals surface area (Å²) in [7, 11) is 1.00. The van der Waals surface area contributed by atoms with Gasteiger partial charge in [-0.3, -0.25) is 0 Å². The molecule has 0 heterocycles. The van der Waals surface area contributed by atoms with Crippen LogP contribution >= 0.6 is 0 Å². The molecule has 0 fully saturated rings. The van der Waals surface area contributed by atoms with Crippen LogP contribution in [0.3, 0.4) is 0 Å². The largest absolute Gasteiger partial charge is 0.400 e. The number of hydrogen-bond donors (Lipinski definition) is 1. The van der Waals surface area contributed by atoms with Gasteiger partial charge >= 0.3 is 0 Å². The van der Waals surface area contributed by atoms with E-state index in [1.165, 1.54) is 0 Å². The summed E-state index contributed by atoms with van der Waals surface area (Å²) < 4.78 is 0. The molecule has 0 spiro atoms. The van der Waals surface area contributed by atoms with Gasteiger partial charge in [-0.15, -0.1) is 0 Å². The zero-order valence-corrected chi connectivity index (χ0v) is 8.86. The zero-order chi connectivity index (χ0) is 2.00. The molecule has 60 valence electrons. The van der Waals surface area contributed by atoms with Crippen LogP contribution in [0.15, 0.2) is 0 Å². The van der Waals surface area contributed by atoms with E-state index in [0.717, 1.165) is 7.11 Å². The van der Waals surface area contributed by atoms with E-state index in [2.05, 4.69) is 0 Å². The molecule has 0 amide bonds. The molecule has 0 saturated carbocycles. The molecule has 0 atom stereocenters. The molecule has 0 aromatic carbocycles. The number of hydrogen-bond acceptors (Lipinski definition) is 1. The monoisotopic (exact) mass is 205 g/mol. The minimum Gasteiger partial charge on any atom is -0.400 e. The smallest absolute Gasteiger partial charge is 0.0319 e. The van der Waals surface area contributed by atoms with Crippen molar-refractivity contribution >= 4 is 0 Å². The summed E-state index contributed by atoms with van der Waals surface area (Å²) in [6.45, 7) is 0. The molecule has 0 aliphatic carbocycles. The molecule has 0 unspecified atom stereocenters. The van der Waals surface area contributed by atoms with Gasteiger partial charge in [-0.25, -0.2) is 0 Å². The van der Waals surface area contributed by atoms with Crippen molar-refractivity contribution in [3.8, 4) is 0 Å². The quantitative estimate of drug-likeness (QED) is 0.470. The van der Waals surface area contributed by atoms with Gasteiger partial charge < -0.3 is 42.2 Å². The van der Waals surface area contributed by atoms with Gasteiger partial charge in [-0.05, 0) is 0 Å². The van der Waals surface area contributed by atoms with Gasteiger partial charge in [0.2, 0.25) is 0 Å². The van der Waals surface area contributed by atoms with Crippen LogP contribution in [0.1, 0.15) is 0 Å². The summed E-state index contributed by atoms with van der Waals surface area (Å²) in [6, 6.07) is 0. The predicted molar refractivity (Wildman–Crippen MR) is 40.2 cm³/mol. The first-order valence-corrected chi connectivity index (χ1v) is 0.447. The molecule has 8 heavy (non-hydrogen) atoms. The topological polar surface area (TPSA) is 20.2 Å². The summed E-state index contributed by atoms with van der Waals surface area (Å²) in [5, 5.41) is 7.00. The second-order valence-corrected chi connectivity index (χ2v) is 0. The molecule has 0 aliphatic heterocycles. The zero-order valence-electron chi connectivity index (χ0n) is 6.86. The van der Waals surface area contributed by atoms with E-state index in [-0.39, 0.29) is 58.2 Å². The van der Waals surface area contributed by atoms with Gasteiger partial charge in [0.05, 0.1) is 0 Å². The Balaban J connectivity index is -0.000000000333. The molecule has 0 bridgehead atoms. The van der Waals surface area contributed by atoms with Crippen LogP contribution in [0.25, 0.3) is 0 Å². The standard InChI is InChI=1S/CH4O.5CH3.Mo/c1-2;;;;;;/h2H,1H3;5*1H3;/q;5*-1;. The Hall–Kier alpha value is 0.648. The molecule has 0 aromatic rings. The van der Waals surface area contributed by atoms with E-state index < -0.39 is 0 Å². The molecule has 0 rings (SSSR count). The normalized spacial score (nSPS) is 0.750. The Bertz CT molecular complexity index is 8.49. The third kappa shape index (κ3) is 505. The van der Waals surface area contributed by atoms with E-state index >= 15 is 0 Å². The Morgan fingerprint density at radius 2 is 0.625 bits per heavy atom. The van der Waals surface area contributed by atoms with Crippen molar-refractivity contribution < 1.29 is 26.2 Å². The van der Waals surface area contributed by atoms with Gasteiger partial charge in [-0.2, -0.15) is 0 Å². The third-order valence-corrected chi connectivity index (χ3v) is 0. The predicted octanol–water partition coefficient (Wildman–Crippen LogP) is 1.86. The van der Waals surface area contributed by atoms with E-state index in [9.17, 15) is 0 Å². The van der Waals surface area contributed by atoms with Crippen LogP contribution < -0.4 is 0 Å².